The van der Waals surface area contributed by atoms with Crippen molar-refractivity contribution in [2.24, 2.45) is 5.73 Å². The van der Waals surface area contributed by atoms with Crippen molar-refractivity contribution in [3.05, 3.63) is 0 Å². The third-order valence-corrected chi connectivity index (χ3v) is 3.65. The summed E-state index contributed by atoms with van der Waals surface area (Å²) in [4.78, 5) is 14.0. The predicted octanol–water partition coefficient (Wildman–Crippen LogP) is 1.53. The molecular weight excluding hydrogens is 216 g/mol. The van der Waals surface area contributed by atoms with Crippen LogP contribution in [0.4, 0.5) is 0 Å². The first-order chi connectivity index (χ1) is 8.02. The number of amides is 1. The summed E-state index contributed by atoms with van der Waals surface area (Å²) in [7, 11) is 1.71. The number of methoxy groups -OCH3 is 1. The molecule has 0 aromatic heterocycles. The number of unbranched alkanes of at least 4 members (excludes halogenated alkanes) is 1. The predicted molar refractivity (Wildman–Crippen MR) is 68.7 cm³/mol. The van der Waals surface area contributed by atoms with E-state index in [1.54, 1.807) is 7.11 Å². The quantitative estimate of drug-likeness (QED) is 0.795. The summed E-state index contributed by atoms with van der Waals surface area (Å²) in [6.07, 6.45) is 4.89. The van der Waals surface area contributed by atoms with Crippen molar-refractivity contribution in [3.8, 4) is 0 Å². The minimum absolute atomic E-state index is 0.0847. The topological polar surface area (TPSA) is 55.6 Å². The van der Waals surface area contributed by atoms with Crippen molar-refractivity contribution >= 4 is 5.91 Å². The number of rotatable bonds is 5. The zero-order chi connectivity index (χ0) is 12.9. The molecular formula is C13H26N2O2. The molecule has 2 atom stereocenters. The van der Waals surface area contributed by atoms with Gasteiger partial charge in [0.25, 0.3) is 0 Å². The smallest absolute Gasteiger partial charge is 0.239 e. The number of carbonyl (C=O) groups is 1. The van der Waals surface area contributed by atoms with Crippen LogP contribution in [-0.2, 0) is 9.53 Å². The molecule has 0 radical (unpaired) electrons. The zero-order valence-corrected chi connectivity index (χ0v) is 11.4. The molecule has 1 heterocycles. The Bertz CT molecular complexity index is 258. The molecule has 1 saturated heterocycles. The maximum atomic E-state index is 12.2. The van der Waals surface area contributed by atoms with Gasteiger partial charge in [-0.1, -0.05) is 19.8 Å². The lowest BCUT2D eigenvalue weighted by Crippen LogP contribution is -2.53. The molecule has 100 valence electrons. The van der Waals surface area contributed by atoms with Crippen molar-refractivity contribution < 1.29 is 9.53 Å². The number of ether oxygens (including phenoxy) is 1. The number of piperidine rings is 1. The molecule has 1 rings (SSSR count). The average molecular weight is 242 g/mol. The van der Waals surface area contributed by atoms with Crippen LogP contribution in [0.2, 0.25) is 0 Å². The normalized spacial score (nSPS) is 26.9. The SMILES string of the molecule is CCCCC(N)C(=O)N1CCCC(C)(OC)C1. The molecule has 1 amide bonds. The summed E-state index contributed by atoms with van der Waals surface area (Å²) in [5, 5.41) is 0. The van der Waals surface area contributed by atoms with E-state index in [4.69, 9.17) is 10.5 Å². The fourth-order valence-electron chi connectivity index (χ4n) is 2.34. The van der Waals surface area contributed by atoms with E-state index < -0.39 is 0 Å². The van der Waals surface area contributed by atoms with Gasteiger partial charge < -0.3 is 15.4 Å². The molecule has 0 spiro atoms. The largest absolute Gasteiger partial charge is 0.377 e. The van der Waals surface area contributed by atoms with Crippen molar-refractivity contribution in [3.63, 3.8) is 0 Å². The average Bonchev–Trinajstić information content (AvgIpc) is 2.35. The van der Waals surface area contributed by atoms with Crippen LogP contribution >= 0.6 is 0 Å². The van der Waals surface area contributed by atoms with E-state index >= 15 is 0 Å². The second-order valence-electron chi connectivity index (χ2n) is 5.27. The van der Waals surface area contributed by atoms with Gasteiger partial charge in [-0.05, 0) is 26.2 Å². The molecule has 2 N–H and O–H groups in total. The molecule has 1 fully saturated rings. The van der Waals surface area contributed by atoms with Gasteiger partial charge in [0.05, 0.1) is 11.6 Å². The number of hydrogen-bond donors (Lipinski definition) is 1. The van der Waals surface area contributed by atoms with E-state index in [1.807, 2.05) is 4.90 Å². The maximum Gasteiger partial charge on any atom is 0.239 e. The lowest BCUT2D eigenvalue weighted by Gasteiger charge is -2.40. The van der Waals surface area contributed by atoms with Gasteiger partial charge in [-0.2, -0.15) is 0 Å². The molecule has 0 aliphatic carbocycles. The van der Waals surface area contributed by atoms with Gasteiger partial charge in [-0.25, -0.2) is 0 Å². The standard InChI is InChI=1S/C13H26N2O2/c1-4-5-7-11(14)12(16)15-9-6-8-13(2,10-15)17-3/h11H,4-10,14H2,1-3H3. The van der Waals surface area contributed by atoms with Crippen LogP contribution in [0.25, 0.3) is 0 Å². The van der Waals surface area contributed by atoms with E-state index in [0.717, 1.165) is 38.6 Å². The molecule has 0 aromatic rings. The molecule has 17 heavy (non-hydrogen) atoms. The number of hydrogen-bond acceptors (Lipinski definition) is 3. The Hall–Kier alpha value is -0.610. The number of likely N-dealkylation sites (tertiary alicyclic amines) is 1. The highest BCUT2D eigenvalue weighted by atomic mass is 16.5. The van der Waals surface area contributed by atoms with Gasteiger partial charge in [0.1, 0.15) is 0 Å². The van der Waals surface area contributed by atoms with Crippen LogP contribution in [0.5, 0.6) is 0 Å². The van der Waals surface area contributed by atoms with E-state index in [9.17, 15) is 4.79 Å². The van der Waals surface area contributed by atoms with Crippen molar-refractivity contribution in [2.75, 3.05) is 20.2 Å². The number of nitrogens with zero attached hydrogens (tertiary/aromatic N) is 1. The Morgan fingerprint density at radius 2 is 2.29 bits per heavy atom. The molecule has 1 aliphatic heterocycles. The number of carbonyl (C=O) groups excluding carboxylic acids is 1. The summed E-state index contributed by atoms with van der Waals surface area (Å²) < 4.78 is 5.49. The van der Waals surface area contributed by atoms with Gasteiger partial charge in [-0.15, -0.1) is 0 Å². The minimum atomic E-state index is -0.339. The van der Waals surface area contributed by atoms with Gasteiger partial charge in [-0.3, -0.25) is 4.79 Å². The molecule has 1 aliphatic rings. The molecule has 0 aromatic carbocycles. The summed E-state index contributed by atoms with van der Waals surface area (Å²) in [6, 6.07) is -0.339. The fraction of sp³-hybridized carbons (Fsp3) is 0.923. The van der Waals surface area contributed by atoms with Gasteiger partial charge in [0.2, 0.25) is 5.91 Å². The highest BCUT2D eigenvalue weighted by molar-refractivity contribution is 5.81. The van der Waals surface area contributed by atoms with E-state index in [2.05, 4.69) is 13.8 Å². The van der Waals surface area contributed by atoms with Gasteiger partial charge >= 0.3 is 0 Å². The first-order valence-corrected chi connectivity index (χ1v) is 6.62. The second-order valence-corrected chi connectivity index (χ2v) is 5.27. The van der Waals surface area contributed by atoms with Crippen molar-refractivity contribution in [1.82, 2.24) is 4.90 Å². The third-order valence-electron chi connectivity index (χ3n) is 3.65. The van der Waals surface area contributed by atoms with Crippen LogP contribution in [0.15, 0.2) is 0 Å². The Kier molecular flexibility index (Phi) is 5.40. The van der Waals surface area contributed by atoms with E-state index in [-0.39, 0.29) is 17.6 Å². The Morgan fingerprint density at radius 1 is 1.59 bits per heavy atom. The summed E-state index contributed by atoms with van der Waals surface area (Å²) in [5.41, 5.74) is 5.74. The fourth-order valence-corrected chi connectivity index (χ4v) is 2.34. The Morgan fingerprint density at radius 3 is 2.88 bits per heavy atom. The third kappa shape index (κ3) is 3.96. The minimum Gasteiger partial charge on any atom is -0.377 e. The second kappa shape index (κ2) is 6.36. The molecule has 4 nitrogen and oxygen atoms in total. The van der Waals surface area contributed by atoms with Crippen LogP contribution in [0.3, 0.4) is 0 Å². The highest BCUT2D eigenvalue weighted by Crippen LogP contribution is 2.24. The van der Waals surface area contributed by atoms with Crippen LogP contribution < -0.4 is 5.73 Å². The Labute approximate surface area is 104 Å². The van der Waals surface area contributed by atoms with Crippen molar-refractivity contribution in [2.45, 2.75) is 57.6 Å². The van der Waals surface area contributed by atoms with Gasteiger partial charge in [0, 0.05) is 20.2 Å². The highest BCUT2D eigenvalue weighted by Gasteiger charge is 2.34. The molecule has 0 bridgehead atoms. The zero-order valence-electron chi connectivity index (χ0n) is 11.4. The summed E-state index contributed by atoms with van der Waals surface area (Å²) in [5.74, 6) is 0.0847. The van der Waals surface area contributed by atoms with Crippen molar-refractivity contribution in [1.29, 1.82) is 0 Å². The molecule has 0 saturated carbocycles. The van der Waals surface area contributed by atoms with Gasteiger partial charge in [0.15, 0.2) is 0 Å². The van der Waals surface area contributed by atoms with E-state index in [0.29, 0.717) is 6.54 Å². The first kappa shape index (κ1) is 14.5. The van der Waals surface area contributed by atoms with Crippen LogP contribution in [0, 0.1) is 0 Å². The molecule has 2 unspecified atom stereocenters. The van der Waals surface area contributed by atoms with Crippen LogP contribution in [-0.4, -0.2) is 42.6 Å². The van der Waals surface area contributed by atoms with Crippen LogP contribution in [0.1, 0.15) is 46.0 Å². The maximum absolute atomic E-state index is 12.2. The first-order valence-electron chi connectivity index (χ1n) is 6.62. The summed E-state index contributed by atoms with van der Waals surface area (Å²) >= 11 is 0. The summed E-state index contributed by atoms with van der Waals surface area (Å²) in [6.45, 7) is 5.66. The van der Waals surface area contributed by atoms with E-state index in [1.165, 1.54) is 0 Å². The molecule has 4 heteroatoms. The Balaban J connectivity index is 2.51. The monoisotopic (exact) mass is 242 g/mol. The lowest BCUT2D eigenvalue weighted by molar-refractivity contribution is -0.140. The number of nitrogens with two attached hydrogens (primary N) is 1. The lowest BCUT2D eigenvalue weighted by atomic mass is 9.94.